The standard InChI is InChI=1S/C14H24N8.HI/c1-5-15-14(16-6-7-22-9-12(2)8-18-22)20(3)10-13-17-11-19-21(13)4;/h8-9,11H,5-7,10H2,1-4H3,(H,15,16);1H. The van der Waals surface area contributed by atoms with Gasteiger partial charge >= 0.3 is 0 Å². The fourth-order valence-electron chi connectivity index (χ4n) is 2.07. The Morgan fingerprint density at radius 2 is 2.17 bits per heavy atom. The zero-order chi connectivity index (χ0) is 15.9. The number of aliphatic imine (C=N–C) groups is 1. The summed E-state index contributed by atoms with van der Waals surface area (Å²) in [6, 6.07) is 0. The predicted octanol–water partition coefficient (Wildman–Crippen LogP) is 1.04. The fraction of sp³-hybridized carbons (Fsp3) is 0.571. The van der Waals surface area contributed by atoms with Crippen molar-refractivity contribution in [3.8, 4) is 0 Å². The van der Waals surface area contributed by atoms with E-state index < -0.39 is 0 Å². The van der Waals surface area contributed by atoms with E-state index in [0.29, 0.717) is 13.1 Å². The Labute approximate surface area is 154 Å². The molecule has 0 fully saturated rings. The van der Waals surface area contributed by atoms with Crippen LogP contribution in [-0.2, 0) is 20.1 Å². The molecule has 0 aliphatic rings. The van der Waals surface area contributed by atoms with Crippen LogP contribution >= 0.6 is 24.0 Å². The van der Waals surface area contributed by atoms with Crippen LogP contribution in [0.1, 0.15) is 18.3 Å². The van der Waals surface area contributed by atoms with Crippen LogP contribution in [0.15, 0.2) is 23.7 Å². The van der Waals surface area contributed by atoms with Crippen LogP contribution in [0.2, 0.25) is 0 Å². The van der Waals surface area contributed by atoms with Crippen molar-refractivity contribution in [1.29, 1.82) is 0 Å². The SMILES string of the molecule is CCNC(=NCCn1cc(C)cn1)N(C)Cc1ncnn1C.I. The van der Waals surface area contributed by atoms with Crippen LogP contribution in [-0.4, -0.2) is 55.5 Å². The number of rotatable bonds is 6. The molecule has 0 aromatic carbocycles. The van der Waals surface area contributed by atoms with E-state index in [4.69, 9.17) is 0 Å². The van der Waals surface area contributed by atoms with Gasteiger partial charge in [0.25, 0.3) is 0 Å². The zero-order valence-corrected chi connectivity index (χ0v) is 16.4. The first-order valence-electron chi connectivity index (χ1n) is 7.41. The summed E-state index contributed by atoms with van der Waals surface area (Å²) in [5.74, 6) is 1.75. The number of nitrogens with one attached hydrogen (secondary N) is 1. The maximum Gasteiger partial charge on any atom is 0.194 e. The number of guanidine groups is 1. The van der Waals surface area contributed by atoms with Gasteiger partial charge in [-0.25, -0.2) is 4.98 Å². The lowest BCUT2D eigenvalue weighted by Crippen LogP contribution is -2.39. The second kappa shape index (κ2) is 9.48. The minimum atomic E-state index is 0. The topological polar surface area (TPSA) is 76.2 Å². The smallest absolute Gasteiger partial charge is 0.194 e. The third kappa shape index (κ3) is 5.81. The first-order valence-corrected chi connectivity index (χ1v) is 7.41. The molecular formula is C14H25IN8. The van der Waals surface area contributed by atoms with Gasteiger partial charge in [0.1, 0.15) is 12.2 Å². The fourth-order valence-corrected chi connectivity index (χ4v) is 2.07. The third-order valence-corrected chi connectivity index (χ3v) is 3.23. The summed E-state index contributed by atoms with van der Waals surface area (Å²) < 4.78 is 3.68. The largest absolute Gasteiger partial charge is 0.357 e. The maximum absolute atomic E-state index is 4.64. The molecule has 2 aromatic rings. The molecule has 2 aromatic heterocycles. The summed E-state index contributed by atoms with van der Waals surface area (Å²) in [5, 5.41) is 11.6. The van der Waals surface area contributed by atoms with Gasteiger partial charge in [0, 0.05) is 26.8 Å². The first kappa shape index (κ1) is 19.4. The Bertz CT molecular complexity index is 618. The number of hydrogen-bond acceptors (Lipinski definition) is 4. The van der Waals surface area contributed by atoms with E-state index in [-0.39, 0.29) is 24.0 Å². The van der Waals surface area contributed by atoms with E-state index in [1.165, 1.54) is 0 Å². The molecule has 0 radical (unpaired) electrons. The second-order valence-electron chi connectivity index (χ2n) is 5.17. The minimum Gasteiger partial charge on any atom is -0.357 e. The van der Waals surface area contributed by atoms with Crippen LogP contribution < -0.4 is 5.32 Å². The van der Waals surface area contributed by atoms with E-state index in [1.807, 2.05) is 43.0 Å². The van der Waals surface area contributed by atoms with E-state index in [0.717, 1.165) is 30.4 Å². The van der Waals surface area contributed by atoms with Crippen molar-refractivity contribution in [3.63, 3.8) is 0 Å². The molecule has 0 saturated heterocycles. The Hall–Kier alpha value is -1.65. The molecule has 0 bridgehead atoms. The summed E-state index contributed by atoms with van der Waals surface area (Å²) in [5.41, 5.74) is 1.16. The van der Waals surface area contributed by atoms with Gasteiger partial charge in [-0.1, -0.05) is 0 Å². The number of halogens is 1. The van der Waals surface area contributed by atoms with Gasteiger partial charge in [0.05, 0.1) is 25.8 Å². The molecule has 2 rings (SSSR count). The summed E-state index contributed by atoms with van der Waals surface area (Å²) in [4.78, 5) is 10.9. The molecule has 8 nitrogen and oxygen atoms in total. The predicted molar refractivity (Wildman–Crippen MR) is 101 cm³/mol. The molecule has 0 unspecified atom stereocenters. The molecule has 0 spiro atoms. The Morgan fingerprint density at radius 3 is 2.74 bits per heavy atom. The molecule has 0 amide bonds. The molecule has 0 atom stereocenters. The van der Waals surface area contributed by atoms with Crippen molar-refractivity contribution >= 4 is 29.9 Å². The Morgan fingerprint density at radius 1 is 1.39 bits per heavy atom. The highest BCUT2D eigenvalue weighted by molar-refractivity contribution is 14.0. The molecule has 2 heterocycles. The van der Waals surface area contributed by atoms with Gasteiger partial charge in [-0.2, -0.15) is 10.2 Å². The maximum atomic E-state index is 4.64. The quantitative estimate of drug-likeness (QED) is 0.420. The van der Waals surface area contributed by atoms with Gasteiger partial charge in [0.2, 0.25) is 0 Å². The van der Waals surface area contributed by atoms with Gasteiger partial charge in [0.15, 0.2) is 5.96 Å². The van der Waals surface area contributed by atoms with Crippen molar-refractivity contribution in [1.82, 2.24) is 34.8 Å². The van der Waals surface area contributed by atoms with Crippen molar-refractivity contribution in [2.24, 2.45) is 12.0 Å². The molecule has 0 aliphatic heterocycles. The summed E-state index contributed by atoms with van der Waals surface area (Å²) in [7, 11) is 3.88. The summed E-state index contributed by atoms with van der Waals surface area (Å²) in [6.07, 6.45) is 5.44. The Kier molecular flexibility index (Phi) is 8.00. The molecule has 0 saturated carbocycles. The lowest BCUT2D eigenvalue weighted by Gasteiger charge is -2.21. The normalized spacial score (nSPS) is 11.2. The lowest BCUT2D eigenvalue weighted by molar-refractivity contribution is 0.447. The van der Waals surface area contributed by atoms with Gasteiger partial charge in [-0.3, -0.25) is 14.4 Å². The molecule has 0 aliphatic carbocycles. The third-order valence-electron chi connectivity index (χ3n) is 3.23. The Balaban J connectivity index is 0.00000264. The van der Waals surface area contributed by atoms with Crippen molar-refractivity contribution in [3.05, 3.63) is 30.1 Å². The number of aromatic nitrogens is 5. The van der Waals surface area contributed by atoms with E-state index >= 15 is 0 Å². The highest BCUT2D eigenvalue weighted by atomic mass is 127. The van der Waals surface area contributed by atoms with Crippen molar-refractivity contribution in [2.45, 2.75) is 26.9 Å². The molecular weight excluding hydrogens is 407 g/mol. The number of hydrogen-bond donors (Lipinski definition) is 1. The zero-order valence-electron chi connectivity index (χ0n) is 14.1. The lowest BCUT2D eigenvalue weighted by atomic mass is 10.4. The average Bonchev–Trinajstić information content (AvgIpc) is 3.07. The first-order chi connectivity index (χ1) is 10.6. The van der Waals surface area contributed by atoms with Crippen LogP contribution in [0.4, 0.5) is 0 Å². The minimum absolute atomic E-state index is 0. The molecule has 23 heavy (non-hydrogen) atoms. The molecule has 1 N–H and O–H groups in total. The van der Waals surface area contributed by atoms with Crippen LogP contribution in [0.25, 0.3) is 0 Å². The van der Waals surface area contributed by atoms with Crippen LogP contribution in [0.3, 0.4) is 0 Å². The van der Waals surface area contributed by atoms with Gasteiger partial charge in [-0.15, -0.1) is 24.0 Å². The average molecular weight is 432 g/mol. The van der Waals surface area contributed by atoms with E-state index in [2.05, 4.69) is 32.4 Å². The van der Waals surface area contributed by atoms with Gasteiger partial charge in [-0.05, 0) is 19.4 Å². The van der Waals surface area contributed by atoms with E-state index in [9.17, 15) is 0 Å². The second-order valence-corrected chi connectivity index (χ2v) is 5.17. The monoisotopic (exact) mass is 432 g/mol. The number of nitrogens with zero attached hydrogens (tertiary/aromatic N) is 7. The van der Waals surface area contributed by atoms with Crippen molar-refractivity contribution < 1.29 is 0 Å². The highest BCUT2D eigenvalue weighted by Crippen LogP contribution is 1.99. The van der Waals surface area contributed by atoms with Crippen molar-refractivity contribution in [2.75, 3.05) is 20.1 Å². The van der Waals surface area contributed by atoms with Gasteiger partial charge < -0.3 is 10.2 Å². The van der Waals surface area contributed by atoms with E-state index in [1.54, 1.807) is 11.0 Å². The highest BCUT2D eigenvalue weighted by Gasteiger charge is 2.09. The van der Waals surface area contributed by atoms with Crippen LogP contribution in [0.5, 0.6) is 0 Å². The number of aryl methyl sites for hydroxylation is 2. The molecule has 128 valence electrons. The summed E-state index contributed by atoms with van der Waals surface area (Å²) in [6.45, 7) is 7.01. The molecule has 9 heteroatoms. The summed E-state index contributed by atoms with van der Waals surface area (Å²) >= 11 is 0. The van der Waals surface area contributed by atoms with Crippen LogP contribution in [0, 0.1) is 6.92 Å².